The number of carbonyl (C=O) groups excluding carboxylic acids is 2. The van der Waals surface area contributed by atoms with E-state index in [0.29, 0.717) is 25.3 Å². The molecule has 9 heteroatoms. The predicted molar refractivity (Wildman–Crippen MR) is 112 cm³/mol. The number of β-amino-alcohol motifs (C(OH)–C–C–N with tert-alkyl or cyclic N) is 1. The summed E-state index contributed by atoms with van der Waals surface area (Å²) >= 11 is 0. The van der Waals surface area contributed by atoms with Crippen molar-refractivity contribution in [3.8, 4) is 11.5 Å². The standard InChI is InChI=1S/C22H26FN3O5/c1-15(27)24-20-7-6-18(28)10-21(20)31-14-19(29)12-26-9-8-25(13-22(26)30)11-16-2-4-17(23)5-3-16/h2-7,10,19,28-29H,8-9,11-14H2,1H3,(H,24,27)/t19-/m1/s1. The highest BCUT2D eigenvalue weighted by atomic mass is 19.1. The molecule has 3 N–H and O–H groups in total. The van der Waals surface area contributed by atoms with E-state index in [1.165, 1.54) is 37.3 Å². The summed E-state index contributed by atoms with van der Waals surface area (Å²) < 4.78 is 18.6. The van der Waals surface area contributed by atoms with E-state index in [0.717, 1.165) is 5.56 Å². The van der Waals surface area contributed by atoms with Gasteiger partial charge in [0.25, 0.3) is 0 Å². The Bertz CT molecular complexity index is 922. The van der Waals surface area contributed by atoms with Gasteiger partial charge in [0.05, 0.1) is 12.2 Å². The number of piperazine rings is 1. The zero-order chi connectivity index (χ0) is 22.4. The van der Waals surface area contributed by atoms with Crippen LogP contribution < -0.4 is 10.1 Å². The molecule has 3 rings (SSSR count). The normalized spacial score (nSPS) is 15.6. The van der Waals surface area contributed by atoms with Gasteiger partial charge >= 0.3 is 0 Å². The molecule has 166 valence electrons. The molecule has 0 bridgehead atoms. The summed E-state index contributed by atoms with van der Waals surface area (Å²) in [4.78, 5) is 27.3. The van der Waals surface area contributed by atoms with Gasteiger partial charge in [0.15, 0.2) is 0 Å². The van der Waals surface area contributed by atoms with Crippen LogP contribution in [0.25, 0.3) is 0 Å². The molecule has 2 amide bonds. The molecule has 0 unspecified atom stereocenters. The first-order chi connectivity index (χ1) is 14.8. The average Bonchev–Trinajstić information content (AvgIpc) is 2.71. The van der Waals surface area contributed by atoms with Gasteiger partial charge in [-0.15, -0.1) is 0 Å². The van der Waals surface area contributed by atoms with Crippen LogP contribution in [-0.2, 0) is 16.1 Å². The molecule has 1 aliphatic heterocycles. The van der Waals surface area contributed by atoms with Gasteiger partial charge in [-0.25, -0.2) is 4.39 Å². The van der Waals surface area contributed by atoms with Crippen LogP contribution in [0.2, 0.25) is 0 Å². The smallest absolute Gasteiger partial charge is 0.236 e. The van der Waals surface area contributed by atoms with E-state index in [1.807, 2.05) is 4.90 Å². The lowest BCUT2D eigenvalue weighted by molar-refractivity contribution is -0.138. The molecule has 0 aromatic heterocycles. The maximum Gasteiger partial charge on any atom is 0.236 e. The van der Waals surface area contributed by atoms with E-state index in [4.69, 9.17) is 4.74 Å². The third-order valence-corrected chi connectivity index (χ3v) is 4.86. The number of aliphatic hydroxyl groups excluding tert-OH is 1. The number of anilines is 1. The van der Waals surface area contributed by atoms with Gasteiger partial charge in [0.1, 0.15) is 30.0 Å². The fraction of sp³-hybridized carbons (Fsp3) is 0.364. The maximum atomic E-state index is 13.0. The number of hydrogen-bond acceptors (Lipinski definition) is 6. The Morgan fingerprint density at radius 1 is 1.23 bits per heavy atom. The summed E-state index contributed by atoms with van der Waals surface area (Å²) in [6.07, 6.45) is -0.944. The van der Waals surface area contributed by atoms with E-state index >= 15 is 0 Å². The molecule has 0 saturated carbocycles. The summed E-state index contributed by atoms with van der Waals surface area (Å²) in [7, 11) is 0. The zero-order valence-electron chi connectivity index (χ0n) is 17.3. The molecule has 0 spiro atoms. The van der Waals surface area contributed by atoms with Crippen molar-refractivity contribution < 1.29 is 28.9 Å². The van der Waals surface area contributed by atoms with Crippen molar-refractivity contribution in [1.82, 2.24) is 9.80 Å². The summed E-state index contributed by atoms with van der Waals surface area (Å²) in [5.74, 6) is -0.504. The monoisotopic (exact) mass is 431 g/mol. The summed E-state index contributed by atoms with van der Waals surface area (Å²) in [5, 5.41) is 22.6. The van der Waals surface area contributed by atoms with E-state index in [-0.39, 0.29) is 48.8 Å². The van der Waals surface area contributed by atoms with Gasteiger partial charge in [-0.05, 0) is 29.8 Å². The van der Waals surface area contributed by atoms with Crippen LogP contribution in [-0.4, -0.2) is 70.7 Å². The SMILES string of the molecule is CC(=O)Nc1ccc(O)cc1OC[C@H](O)CN1CCN(Cc2ccc(F)cc2)CC1=O. The molecule has 2 aromatic carbocycles. The van der Waals surface area contributed by atoms with Crippen LogP contribution in [0.1, 0.15) is 12.5 Å². The van der Waals surface area contributed by atoms with Crippen LogP contribution in [0.5, 0.6) is 11.5 Å². The van der Waals surface area contributed by atoms with E-state index in [9.17, 15) is 24.2 Å². The third-order valence-electron chi connectivity index (χ3n) is 4.86. The van der Waals surface area contributed by atoms with Crippen molar-refractivity contribution in [1.29, 1.82) is 0 Å². The molecule has 31 heavy (non-hydrogen) atoms. The van der Waals surface area contributed by atoms with E-state index < -0.39 is 6.10 Å². The number of ether oxygens (including phenoxy) is 1. The second-order valence-electron chi connectivity index (χ2n) is 7.50. The number of rotatable bonds is 8. The predicted octanol–water partition coefficient (Wildman–Crippen LogP) is 1.57. The van der Waals surface area contributed by atoms with Gasteiger partial charge in [0, 0.05) is 39.2 Å². The van der Waals surface area contributed by atoms with Gasteiger partial charge in [0.2, 0.25) is 11.8 Å². The van der Waals surface area contributed by atoms with Crippen LogP contribution in [0.3, 0.4) is 0 Å². The largest absolute Gasteiger partial charge is 0.508 e. The summed E-state index contributed by atoms with van der Waals surface area (Å²) in [6.45, 7) is 3.21. The van der Waals surface area contributed by atoms with Crippen molar-refractivity contribution in [2.45, 2.75) is 19.6 Å². The quantitative estimate of drug-likeness (QED) is 0.549. The average molecular weight is 431 g/mol. The number of aromatic hydroxyl groups is 1. The van der Waals surface area contributed by atoms with E-state index in [1.54, 1.807) is 17.0 Å². The number of carbonyl (C=O) groups is 2. The van der Waals surface area contributed by atoms with Gasteiger partial charge < -0.3 is 25.2 Å². The second kappa shape index (κ2) is 10.2. The summed E-state index contributed by atoms with van der Waals surface area (Å²) in [6, 6.07) is 10.5. The molecular weight excluding hydrogens is 405 g/mol. The highest BCUT2D eigenvalue weighted by Gasteiger charge is 2.26. The third kappa shape index (κ3) is 6.66. The Kier molecular flexibility index (Phi) is 7.43. The number of nitrogens with zero attached hydrogens (tertiary/aromatic N) is 2. The number of benzene rings is 2. The van der Waals surface area contributed by atoms with Crippen LogP contribution in [0.15, 0.2) is 42.5 Å². The minimum absolute atomic E-state index is 0.0361. The first kappa shape index (κ1) is 22.5. The molecule has 1 heterocycles. The first-order valence-electron chi connectivity index (χ1n) is 9.96. The molecule has 2 aromatic rings. The molecule has 0 aliphatic carbocycles. The highest BCUT2D eigenvalue weighted by Crippen LogP contribution is 2.29. The molecule has 8 nitrogen and oxygen atoms in total. The topological polar surface area (TPSA) is 102 Å². The molecule has 1 aliphatic rings. The molecule has 1 fully saturated rings. The Morgan fingerprint density at radius 3 is 2.65 bits per heavy atom. The van der Waals surface area contributed by atoms with Crippen molar-refractivity contribution in [3.63, 3.8) is 0 Å². The molecule has 0 radical (unpaired) electrons. The molecule has 1 atom stereocenters. The summed E-state index contributed by atoms with van der Waals surface area (Å²) in [5.41, 5.74) is 1.31. The van der Waals surface area contributed by atoms with Crippen LogP contribution in [0, 0.1) is 5.82 Å². The Balaban J connectivity index is 1.48. The number of amides is 2. The van der Waals surface area contributed by atoms with Crippen LogP contribution in [0.4, 0.5) is 10.1 Å². The Morgan fingerprint density at radius 2 is 1.97 bits per heavy atom. The van der Waals surface area contributed by atoms with E-state index in [2.05, 4.69) is 5.32 Å². The second-order valence-corrected chi connectivity index (χ2v) is 7.50. The van der Waals surface area contributed by atoms with Gasteiger partial charge in [-0.2, -0.15) is 0 Å². The number of phenols is 1. The zero-order valence-corrected chi connectivity index (χ0v) is 17.3. The number of halogens is 1. The fourth-order valence-corrected chi connectivity index (χ4v) is 3.35. The minimum atomic E-state index is -0.944. The van der Waals surface area contributed by atoms with Gasteiger partial charge in [-0.1, -0.05) is 12.1 Å². The number of hydrogen-bond donors (Lipinski definition) is 3. The first-order valence-corrected chi connectivity index (χ1v) is 9.96. The molecular formula is C22H26FN3O5. The van der Waals surface area contributed by atoms with Crippen LogP contribution >= 0.6 is 0 Å². The van der Waals surface area contributed by atoms with Crippen molar-refractivity contribution >= 4 is 17.5 Å². The Hall–Kier alpha value is -3.17. The Labute approximate surface area is 179 Å². The maximum absolute atomic E-state index is 13.0. The fourth-order valence-electron chi connectivity index (χ4n) is 3.35. The lowest BCUT2D eigenvalue weighted by Crippen LogP contribution is -2.52. The van der Waals surface area contributed by atoms with Crippen molar-refractivity contribution in [2.75, 3.05) is 38.1 Å². The minimum Gasteiger partial charge on any atom is -0.508 e. The molecule has 1 saturated heterocycles. The number of aliphatic hydroxyl groups is 1. The van der Waals surface area contributed by atoms with Gasteiger partial charge in [-0.3, -0.25) is 14.5 Å². The van der Waals surface area contributed by atoms with Crippen molar-refractivity contribution in [2.24, 2.45) is 0 Å². The van der Waals surface area contributed by atoms with Crippen molar-refractivity contribution in [3.05, 3.63) is 53.8 Å². The number of phenolic OH excluding ortho intramolecular Hbond substituents is 1. The number of nitrogens with one attached hydrogen (secondary N) is 1. The highest BCUT2D eigenvalue weighted by molar-refractivity contribution is 5.90. The lowest BCUT2D eigenvalue weighted by atomic mass is 10.2. The lowest BCUT2D eigenvalue weighted by Gasteiger charge is -2.35.